The summed E-state index contributed by atoms with van der Waals surface area (Å²) < 4.78 is 4.99. The fourth-order valence-electron chi connectivity index (χ4n) is 2.13. The maximum absolute atomic E-state index is 11.4. The van der Waals surface area contributed by atoms with Crippen molar-refractivity contribution in [1.82, 2.24) is 0 Å². The highest BCUT2D eigenvalue weighted by Gasteiger charge is 2.26. The number of carbonyl (C=O) groups is 1. The molecule has 0 saturated heterocycles. The lowest BCUT2D eigenvalue weighted by atomic mass is 9.81. The minimum absolute atomic E-state index is 0.0325. The van der Waals surface area contributed by atoms with E-state index in [9.17, 15) is 4.79 Å². The Hall–Kier alpha value is -0.570. The first-order valence-corrected chi connectivity index (χ1v) is 5.55. The molecule has 14 heavy (non-hydrogen) atoms. The number of hydrogen-bond donors (Lipinski definition) is 1. The van der Waals surface area contributed by atoms with Crippen molar-refractivity contribution in [2.45, 2.75) is 39.0 Å². The van der Waals surface area contributed by atoms with Crippen LogP contribution in [0.1, 0.15) is 39.0 Å². The number of ether oxygens (including phenoxy) is 1. The highest BCUT2D eigenvalue weighted by Crippen LogP contribution is 2.31. The summed E-state index contributed by atoms with van der Waals surface area (Å²) in [7, 11) is 0. The molecule has 0 amide bonds. The Morgan fingerprint density at radius 1 is 1.36 bits per heavy atom. The molecule has 0 spiro atoms. The van der Waals surface area contributed by atoms with Crippen LogP contribution in [0.15, 0.2) is 0 Å². The summed E-state index contributed by atoms with van der Waals surface area (Å²) in [5.41, 5.74) is 0. The topological polar surface area (TPSA) is 46.5 Å². The van der Waals surface area contributed by atoms with E-state index in [2.05, 4.69) is 0 Å². The fourth-order valence-corrected chi connectivity index (χ4v) is 2.13. The van der Waals surface area contributed by atoms with E-state index >= 15 is 0 Å². The van der Waals surface area contributed by atoms with Crippen LogP contribution in [0.4, 0.5) is 0 Å². The molecule has 1 saturated carbocycles. The van der Waals surface area contributed by atoms with Crippen molar-refractivity contribution in [3.05, 3.63) is 0 Å². The fraction of sp³-hybridized carbons (Fsp3) is 0.909. The van der Waals surface area contributed by atoms with Crippen LogP contribution in [0.2, 0.25) is 0 Å². The summed E-state index contributed by atoms with van der Waals surface area (Å²) in [6.07, 6.45) is 4.87. The summed E-state index contributed by atoms with van der Waals surface area (Å²) in [4.78, 5) is 11.4. The highest BCUT2D eigenvalue weighted by atomic mass is 16.5. The van der Waals surface area contributed by atoms with E-state index in [4.69, 9.17) is 9.84 Å². The van der Waals surface area contributed by atoms with Crippen molar-refractivity contribution in [3.63, 3.8) is 0 Å². The predicted molar refractivity (Wildman–Crippen MR) is 53.8 cm³/mol. The van der Waals surface area contributed by atoms with Gasteiger partial charge in [0.25, 0.3) is 0 Å². The average Bonchev–Trinajstić information content (AvgIpc) is 2.20. The normalized spacial score (nSPS) is 27.3. The zero-order valence-corrected chi connectivity index (χ0v) is 8.87. The van der Waals surface area contributed by atoms with Gasteiger partial charge in [-0.15, -0.1) is 0 Å². The van der Waals surface area contributed by atoms with E-state index in [-0.39, 0.29) is 18.5 Å². The van der Waals surface area contributed by atoms with Gasteiger partial charge in [0.2, 0.25) is 0 Å². The van der Waals surface area contributed by atoms with Crippen molar-refractivity contribution in [2.75, 3.05) is 13.2 Å². The Morgan fingerprint density at radius 3 is 2.50 bits per heavy atom. The van der Waals surface area contributed by atoms with E-state index in [1.807, 2.05) is 6.92 Å². The molecule has 0 aromatic carbocycles. The third-order valence-corrected chi connectivity index (χ3v) is 3.00. The SMILES string of the molecule is CCOC(=O)C1CCC(CCO)CC1. The Balaban J connectivity index is 2.24. The average molecular weight is 200 g/mol. The van der Waals surface area contributed by atoms with Crippen molar-refractivity contribution in [2.24, 2.45) is 11.8 Å². The molecule has 1 N–H and O–H groups in total. The molecule has 0 atom stereocenters. The van der Waals surface area contributed by atoms with Gasteiger partial charge in [0.15, 0.2) is 0 Å². The number of rotatable bonds is 4. The number of hydrogen-bond acceptors (Lipinski definition) is 3. The molecule has 0 aliphatic heterocycles. The lowest BCUT2D eigenvalue weighted by molar-refractivity contribution is -0.149. The van der Waals surface area contributed by atoms with Crippen molar-refractivity contribution in [1.29, 1.82) is 0 Å². The van der Waals surface area contributed by atoms with Crippen LogP contribution in [0.25, 0.3) is 0 Å². The van der Waals surface area contributed by atoms with Gasteiger partial charge in [0, 0.05) is 6.61 Å². The molecular weight excluding hydrogens is 180 g/mol. The second-order valence-electron chi connectivity index (χ2n) is 3.98. The van der Waals surface area contributed by atoms with Crippen molar-refractivity contribution >= 4 is 5.97 Å². The van der Waals surface area contributed by atoms with Gasteiger partial charge in [-0.2, -0.15) is 0 Å². The Morgan fingerprint density at radius 2 is 2.00 bits per heavy atom. The zero-order chi connectivity index (χ0) is 10.4. The monoisotopic (exact) mass is 200 g/mol. The van der Waals surface area contributed by atoms with Crippen LogP contribution in [0, 0.1) is 11.8 Å². The number of aliphatic hydroxyl groups excluding tert-OH is 1. The quantitative estimate of drug-likeness (QED) is 0.703. The first-order chi connectivity index (χ1) is 6.77. The maximum Gasteiger partial charge on any atom is 0.308 e. The first kappa shape index (κ1) is 11.5. The van der Waals surface area contributed by atoms with Crippen LogP contribution < -0.4 is 0 Å². The molecule has 1 aliphatic carbocycles. The molecule has 82 valence electrons. The molecule has 3 heteroatoms. The van der Waals surface area contributed by atoms with Crippen molar-refractivity contribution in [3.8, 4) is 0 Å². The van der Waals surface area contributed by atoms with Crippen LogP contribution in [-0.4, -0.2) is 24.3 Å². The van der Waals surface area contributed by atoms with Crippen LogP contribution in [0.3, 0.4) is 0 Å². The minimum Gasteiger partial charge on any atom is -0.466 e. The minimum atomic E-state index is -0.0325. The summed E-state index contributed by atoms with van der Waals surface area (Å²) in [6, 6.07) is 0. The van der Waals surface area contributed by atoms with Gasteiger partial charge in [0.1, 0.15) is 0 Å². The standard InChI is InChI=1S/C11H20O3/c1-2-14-11(13)10-5-3-9(4-6-10)7-8-12/h9-10,12H,2-8H2,1H3. The van der Waals surface area contributed by atoms with E-state index in [1.54, 1.807) is 0 Å². The summed E-state index contributed by atoms with van der Waals surface area (Å²) >= 11 is 0. The lowest BCUT2D eigenvalue weighted by Gasteiger charge is -2.26. The summed E-state index contributed by atoms with van der Waals surface area (Å²) in [5, 5.41) is 8.79. The summed E-state index contributed by atoms with van der Waals surface area (Å²) in [5.74, 6) is 0.700. The van der Waals surface area contributed by atoms with Gasteiger partial charge >= 0.3 is 5.97 Å². The molecule has 0 unspecified atom stereocenters. The van der Waals surface area contributed by atoms with Crippen LogP contribution in [0.5, 0.6) is 0 Å². The molecule has 1 fully saturated rings. The van der Waals surface area contributed by atoms with Gasteiger partial charge in [-0.05, 0) is 44.9 Å². The number of carbonyl (C=O) groups excluding carboxylic acids is 1. The molecule has 3 nitrogen and oxygen atoms in total. The summed E-state index contributed by atoms with van der Waals surface area (Å²) in [6.45, 7) is 2.60. The molecule has 0 aromatic rings. The molecule has 0 radical (unpaired) electrons. The number of esters is 1. The Bertz CT molecular complexity index is 171. The van der Waals surface area contributed by atoms with E-state index in [1.165, 1.54) is 0 Å². The van der Waals surface area contributed by atoms with Gasteiger partial charge in [-0.3, -0.25) is 4.79 Å². The first-order valence-electron chi connectivity index (χ1n) is 5.55. The maximum atomic E-state index is 11.4. The number of aliphatic hydroxyl groups is 1. The molecular formula is C11H20O3. The zero-order valence-electron chi connectivity index (χ0n) is 8.87. The molecule has 0 bridgehead atoms. The van der Waals surface area contributed by atoms with E-state index in [0.717, 1.165) is 32.1 Å². The van der Waals surface area contributed by atoms with Gasteiger partial charge in [-0.25, -0.2) is 0 Å². The van der Waals surface area contributed by atoms with E-state index in [0.29, 0.717) is 12.5 Å². The van der Waals surface area contributed by atoms with Gasteiger partial charge in [0.05, 0.1) is 12.5 Å². The molecule has 0 heterocycles. The third-order valence-electron chi connectivity index (χ3n) is 3.00. The Kier molecular flexibility index (Phi) is 4.94. The molecule has 0 aromatic heterocycles. The second-order valence-corrected chi connectivity index (χ2v) is 3.98. The Labute approximate surface area is 85.5 Å². The van der Waals surface area contributed by atoms with Crippen LogP contribution >= 0.6 is 0 Å². The van der Waals surface area contributed by atoms with Crippen molar-refractivity contribution < 1.29 is 14.6 Å². The third kappa shape index (κ3) is 3.29. The van der Waals surface area contributed by atoms with E-state index < -0.39 is 0 Å². The highest BCUT2D eigenvalue weighted by molar-refractivity contribution is 5.72. The van der Waals surface area contributed by atoms with Gasteiger partial charge < -0.3 is 9.84 Å². The largest absolute Gasteiger partial charge is 0.466 e. The molecule has 1 aliphatic rings. The second kappa shape index (κ2) is 6.02. The molecule has 1 rings (SSSR count). The lowest BCUT2D eigenvalue weighted by Crippen LogP contribution is -2.24. The van der Waals surface area contributed by atoms with Crippen LogP contribution in [-0.2, 0) is 9.53 Å². The predicted octanol–water partition coefficient (Wildman–Crippen LogP) is 1.74. The van der Waals surface area contributed by atoms with Gasteiger partial charge in [-0.1, -0.05) is 0 Å². The smallest absolute Gasteiger partial charge is 0.308 e.